The first kappa shape index (κ1) is 18.5. The number of hydrazone groups is 1. The van der Waals surface area contributed by atoms with E-state index in [1.165, 1.54) is 24.6 Å². The lowest BCUT2D eigenvalue weighted by atomic mass is 9.99. The van der Waals surface area contributed by atoms with Gasteiger partial charge in [-0.05, 0) is 24.3 Å². The Balaban J connectivity index is 1.62. The van der Waals surface area contributed by atoms with Crippen molar-refractivity contribution in [1.29, 1.82) is 0 Å². The van der Waals surface area contributed by atoms with Crippen molar-refractivity contribution in [3.8, 4) is 0 Å². The summed E-state index contributed by atoms with van der Waals surface area (Å²) in [5.41, 5.74) is 1.66. The molecule has 0 spiro atoms. The van der Waals surface area contributed by atoms with Crippen molar-refractivity contribution in [3.63, 3.8) is 0 Å². The van der Waals surface area contributed by atoms with Crippen LogP contribution in [-0.4, -0.2) is 42.0 Å². The van der Waals surface area contributed by atoms with Crippen molar-refractivity contribution < 1.29 is 22.8 Å². The lowest BCUT2D eigenvalue weighted by Gasteiger charge is -2.15. The summed E-state index contributed by atoms with van der Waals surface area (Å²) in [7, 11) is 0. The van der Waals surface area contributed by atoms with Crippen LogP contribution in [-0.2, 0) is 0 Å². The van der Waals surface area contributed by atoms with Gasteiger partial charge in [-0.15, -0.1) is 0 Å². The van der Waals surface area contributed by atoms with Gasteiger partial charge in [-0.25, -0.2) is 13.2 Å². The van der Waals surface area contributed by atoms with Crippen LogP contribution in [0.25, 0.3) is 0 Å². The zero-order valence-electron chi connectivity index (χ0n) is 14.6. The Morgan fingerprint density at radius 1 is 1.03 bits per heavy atom. The summed E-state index contributed by atoms with van der Waals surface area (Å²) < 4.78 is 41.7. The molecule has 2 atom stereocenters. The average molecular weight is 399 g/mol. The summed E-state index contributed by atoms with van der Waals surface area (Å²) in [6.07, 6.45) is 2.21. The summed E-state index contributed by atoms with van der Waals surface area (Å²) in [5.74, 6) is -4.99. The van der Waals surface area contributed by atoms with E-state index in [2.05, 4.69) is 25.8 Å². The highest BCUT2D eigenvalue weighted by Gasteiger charge is 2.37. The second-order valence-corrected chi connectivity index (χ2v) is 6.23. The molecule has 146 valence electrons. The zero-order valence-corrected chi connectivity index (χ0v) is 14.6. The number of carbonyl (C=O) groups excluding carboxylic acids is 2. The van der Waals surface area contributed by atoms with E-state index in [0.717, 1.165) is 24.3 Å². The molecule has 2 aliphatic heterocycles. The van der Waals surface area contributed by atoms with Gasteiger partial charge in [0.25, 0.3) is 5.91 Å². The first-order valence-electron chi connectivity index (χ1n) is 8.43. The molecule has 7 nitrogen and oxygen atoms in total. The summed E-state index contributed by atoms with van der Waals surface area (Å²) in [5, 5.41) is 6.17. The minimum absolute atomic E-state index is 0.0239. The minimum atomic E-state index is -1.38. The van der Waals surface area contributed by atoms with Gasteiger partial charge in [-0.1, -0.05) is 6.07 Å². The van der Waals surface area contributed by atoms with Gasteiger partial charge < -0.3 is 5.32 Å². The number of carbonyl (C=O) groups is 2. The summed E-state index contributed by atoms with van der Waals surface area (Å²) in [6, 6.07) is 5.78. The molecular formula is C19H12F3N5O2. The fraction of sp³-hybridized carbons (Fsp3) is 0.105. The molecule has 2 aromatic carbocycles. The van der Waals surface area contributed by atoms with Crippen molar-refractivity contribution >= 4 is 35.5 Å². The number of anilines is 1. The van der Waals surface area contributed by atoms with Crippen molar-refractivity contribution in [3.05, 3.63) is 65.0 Å². The summed E-state index contributed by atoms with van der Waals surface area (Å²) >= 11 is 0. The first-order chi connectivity index (χ1) is 13.9. The topological polar surface area (TPSA) is 95.3 Å². The molecule has 0 saturated carbocycles. The van der Waals surface area contributed by atoms with E-state index < -0.39 is 46.9 Å². The first-order valence-corrected chi connectivity index (χ1v) is 8.43. The molecule has 2 aliphatic rings. The van der Waals surface area contributed by atoms with Crippen LogP contribution >= 0.6 is 0 Å². The summed E-state index contributed by atoms with van der Waals surface area (Å²) in [6.45, 7) is 0. The highest BCUT2D eigenvalue weighted by Crippen LogP contribution is 2.23. The number of benzene rings is 2. The van der Waals surface area contributed by atoms with Gasteiger partial charge in [0, 0.05) is 29.7 Å². The normalized spacial score (nSPS) is 19.3. The monoisotopic (exact) mass is 399 g/mol. The molecule has 2 aromatic rings. The highest BCUT2D eigenvalue weighted by molar-refractivity contribution is 6.48. The molecule has 2 N–H and O–H groups in total. The van der Waals surface area contributed by atoms with Gasteiger partial charge in [0.1, 0.15) is 17.6 Å². The molecule has 0 radical (unpaired) electrons. The highest BCUT2D eigenvalue weighted by atomic mass is 19.2. The Kier molecular flexibility index (Phi) is 4.67. The quantitative estimate of drug-likeness (QED) is 0.773. The maximum absolute atomic E-state index is 14.3. The van der Waals surface area contributed by atoms with Crippen molar-refractivity contribution in [2.24, 2.45) is 15.1 Å². The Morgan fingerprint density at radius 2 is 1.83 bits per heavy atom. The number of fused-ring (bicyclic) bond motifs is 1. The van der Waals surface area contributed by atoms with Crippen LogP contribution in [0, 0.1) is 17.5 Å². The Morgan fingerprint density at radius 3 is 2.62 bits per heavy atom. The zero-order chi connectivity index (χ0) is 20.5. The maximum Gasteiger partial charge on any atom is 0.255 e. The van der Waals surface area contributed by atoms with Crippen molar-refractivity contribution in [2.45, 2.75) is 12.2 Å². The van der Waals surface area contributed by atoms with Crippen LogP contribution < -0.4 is 10.7 Å². The van der Waals surface area contributed by atoms with E-state index in [4.69, 9.17) is 0 Å². The van der Waals surface area contributed by atoms with E-state index in [1.54, 1.807) is 0 Å². The maximum atomic E-state index is 14.3. The van der Waals surface area contributed by atoms with Crippen LogP contribution in [0.15, 0.2) is 51.5 Å². The molecule has 4 rings (SSSR count). The number of hydrogen-bond acceptors (Lipinski definition) is 6. The Bertz CT molecular complexity index is 1110. The van der Waals surface area contributed by atoms with Crippen LogP contribution in [0.4, 0.5) is 18.9 Å². The van der Waals surface area contributed by atoms with Gasteiger partial charge in [-0.2, -0.15) is 5.10 Å². The molecule has 0 saturated heterocycles. The molecule has 1 amide bonds. The van der Waals surface area contributed by atoms with Gasteiger partial charge in [0.05, 0.1) is 5.56 Å². The van der Waals surface area contributed by atoms with Crippen LogP contribution in [0.3, 0.4) is 0 Å². The Hall–Kier alpha value is -3.82. The largest absolute Gasteiger partial charge is 0.322 e. The lowest BCUT2D eigenvalue weighted by molar-refractivity contribution is 0.102. The molecule has 10 heteroatoms. The number of Topliss-reactive ketones (excluding diaryl/α,β-unsaturated/α-hetero) is 1. The van der Waals surface area contributed by atoms with Crippen LogP contribution in [0.5, 0.6) is 0 Å². The number of nitrogens with zero attached hydrogens (tertiary/aromatic N) is 3. The van der Waals surface area contributed by atoms with Crippen LogP contribution in [0.2, 0.25) is 0 Å². The number of rotatable bonds is 4. The smallest absolute Gasteiger partial charge is 0.255 e. The average Bonchev–Trinajstić information content (AvgIpc) is 3.14. The molecule has 29 heavy (non-hydrogen) atoms. The van der Waals surface area contributed by atoms with E-state index in [9.17, 15) is 22.8 Å². The third-order valence-electron chi connectivity index (χ3n) is 4.31. The van der Waals surface area contributed by atoms with E-state index in [-0.39, 0.29) is 17.0 Å². The number of nitrogens with one attached hydrogen (secondary N) is 2. The number of ketones is 1. The number of amides is 1. The summed E-state index contributed by atoms with van der Waals surface area (Å²) in [4.78, 5) is 33.1. The SMILES string of the molecule is O=C(Nc1cc(F)c(F)c(C(=O)C2=NNC3N=CC=NC23)c1)c1cccc(F)c1. The van der Waals surface area contributed by atoms with Crippen molar-refractivity contribution in [2.75, 3.05) is 5.32 Å². The molecule has 2 heterocycles. The molecule has 0 bridgehead atoms. The fourth-order valence-corrected chi connectivity index (χ4v) is 2.93. The van der Waals surface area contributed by atoms with Gasteiger partial charge in [0.2, 0.25) is 5.78 Å². The van der Waals surface area contributed by atoms with E-state index in [1.807, 2.05) is 0 Å². The molecule has 0 aromatic heterocycles. The number of halogens is 3. The molecule has 0 fully saturated rings. The number of hydrogen-bond donors (Lipinski definition) is 2. The van der Waals surface area contributed by atoms with E-state index >= 15 is 0 Å². The van der Waals surface area contributed by atoms with Crippen molar-refractivity contribution in [1.82, 2.24) is 5.43 Å². The molecule has 2 unspecified atom stereocenters. The lowest BCUT2D eigenvalue weighted by Crippen LogP contribution is -2.36. The predicted molar refractivity (Wildman–Crippen MR) is 100 cm³/mol. The Labute approximate surface area is 162 Å². The van der Waals surface area contributed by atoms with Gasteiger partial charge >= 0.3 is 0 Å². The molecular weight excluding hydrogens is 387 g/mol. The molecule has 0 aliphatic carbocycles. The predicted octanol–water partition coefficient (Wildman–Crippen LogP) is 2.35. The fourth-order valence-electron chi connectivity index (χ4n) is 2.93. The van der Waals surface area contributed by atoms with E-state index in [0.29, 0.717) is 0 Å². The van der Waals surface area contributed by atoms with Gasteiger partial charge in [-0.3, -0.25) is 25.0 Å². The second kappa shape index (κ2) is 7.30. The second-order valence-electron chi connectivity index (χ2n) is 6.23. The van der Waals surface area contributed by atoms with Gasteiger partial charge in [0.15, 0.2) is 17.8 Å². The van der Waals surface area contributed by atoms with Crippen LogP contribution in [0.1, 0.15) is 20.7 Å². The third kappa shape index (κ3) is 3.51. The third-order valence-corrected chi connectivity index (χ3v) is 4.31. The minimum Gasteiger partial charge on any atom is -0.322 e. The standard InChI is InChI=1S/C19H12F3N5O2/c20-10-3-1-2-9(6-10)19(29)25-11-7-12(14(22)13(21)8-11)17(28)15-16-18(27-26-15)24-5-4-23-16/h1-8,16,18,27H,(H,25,29). The number of aliphatic imine (C=N–C) groups is 2.